The number of hydrogen-bond acceptors (Lipinski definition) is 2. The van der Waals surface area contributed by atoms with Crippen LogP contribution in [0.1, 0.15) is 40.0 Å². The monoisotopic (exact) mass is 223 g/mol. The van der Waals surface area contributed by atoms with E-state index in [1.54, 1.807) is 0 Å². The number of carbonyl (C=O) groups is 1. The van der Waals surface area contributed by atoms with Crippen molar-refractivity contribution in [2.45, 2.75) is 40.0 Å². The van der Waals surface area contributed by atoms with Crippen molar-refractivity contribution < 1.29 is 4.79 Å². The Labute approximate surface area is 99.4 Å². The number of Topliss-reactive ketones (excluding diaryl/α,β-unsaturated/α-hetero) is 1. The summed E-state index contributed by atoms with van der Waals surface area (Å²) < 4.78 is 0. The van der Waals surface area contributed by atoms with Gasteiger partial charge in [-0.15, -0.1) is 0 Å². The molecule has 3 unspecified atom stereocenters. The first-order valence-corrected chi connectivity index (χ1v) is 6.63. The Kier molecular flexibility index (Phi) is 3.13. The van der Waals surface area contributed by atoms with Gasteiger partial charge in [0.25, 0.3) is 0 Å². The van der Waals surface area contributed by atoms with E-state index in [-0.39, 0.29) is 5.41 Å². The summed E-state index contributed by atoms with van der Waals surface area (Å²) >= 11 is 0. The van der Waals surface area contributed by atoms with Crippen molar-refractivity contribution in [1.29, 1.82) is 0 Å². The van der Waals surface area contributed by atoms with E-state index in [1.165, 1.54) is 13.0 Å². The molecule has 0 N–H and O–H groups in total. The van der Waals surface area contributed by atoms with Crippen molar-refractivity contribution in [3.8, 4) is 0 Å². The van der Waals surface area contributed by atoms with Crippen LogP contribution in [0.4, 0.5) is 0 Å². The molecule has 2 saturated carbocycles. The lowest BCUT2D eigenvalue weighted by atomic mass is 9.89. The summed E-state index contributed by atoms with van der Waals surface area (Å²) in [6.07, 6.45) is 3.55. The van der Waals surface area contributed by atoms with Gasteiger partial charge in [0.1, 0.15) is 5.78 Å². The summed E-state index contributed by atoms with van der Waals surface area (Å²) in [5, 5.41) is 0. The lowest BCUT2D eigenvalue weighted by Gasteiger charge is -2.21. The Bertz CT molecular complexity index is 284. The lowest BCUT2D eigenvalue weighted by Crippen LogP contribution is -2.32. The highest BCUT2D eigenvalue weighted by molar-refractivity contribution is 5.88. The molecule has 2 heteroatoms. The Morgan fingerprint density at radius 2 is 2.00 bits per heavy atom. The maximum Gasteiger partial charge on any atom is 0.142 e. The van der Waals surface area contributed by atoms with Crippen LogP contribution >= 0.6 is 0 Å². The van der Waals surface area contributed by atoms with Crippen LogP contribution < -0.4 is 0 Å². The molecule has 0 aromatic rings. The highest BCUT2D eigenvalue weighted by Crippen LogP contribution is 2.40. The molecule has 0 aromatic heterocycles. The molecule has 0 radical (unpaired) electrons. The zero-order chi connectivity index (χ0) is 11.9. The van der Waals surface area contributed by atoms with E-state index in [9.17, 15) is 4.79 Å². The molecular weight excluding hydrogens is 198 g/mol. The fraction of sp³-hybridized carbons (Fsp3) is 0.929. The zero-order valence-electron chi connectivity index (χ0n) is 11.1. The largest absolute Gasteiger partial charge is 0.305 e. The van der Waals surface area contributed by atoms with Gasteiger partial charge in [0.05, 0.1) is 0 Å². The van der Waals surface area contributed by atoms with Crippen LogP contribution in [0.3, 0.4) is 0 Å². The molecule has 0 spiro atoms. The molecule has 0 aromatic carbocycles. The summed E-state index contributed by atoms with van der Waals surface area (Å²) in [5.74, 6) is 2.60. The zero-order valence-corrected chi connectivity index (χ0v) is 11.1. The smallest absolute Gasteiger partial charge is 0.142 e. The SMILES string of the molecule is CC1CC1CN(C)CC1CCC(C)(C)C1=O. The number of carbonyl (C=O) groups excluding carboxylic acids is 1. The van der Waals surface area contributed by atoms with E-state index < -0.39 is 0 Å². The summed E-state index contributed by atoms with van der Waals surface area (Å²) in [6.45, 7) is 8.68. The topological polar surface area (TPSA) is 20.3 Å². The first-order chi connectivity index (χ1) is 7.40. The number of ketones is 1. The van der Waals surface area contributed by atoms with Crippen LogP contribution in [0.25, 0.3) is 0 Å². The van der Waals surface area contributed by atoms with E-state index in [4.69, 9.17) is 0 Å². The molecule has 0 heterocycles. The molecule has 0 aliphatic heterocycles. The number of hydrogen-bond donors (Lipinski definition) is 0. The second-order valence-corrected chi connectivity index (χ2v) is 6.68. The third-order valence-electron chi connectivity index (χ3n) is 4.51. The van der Waals surface area contributed by atoms with Gasteiger partial charge in [-0.3, -0.25) is 4.79 Å². The molecule has 2 aliphatic carbocycles. The van der Waals surface area contributed by atoms with E-state index in [2.05, 4.69) is 32.7 Å². The molecule has 0 amide bonds. The Hall–Kier alpha value is -0.370. The third kappa shape index (κ3) is 2.48. The van der Waals surface area contributed by atoms with Crippen LogP contribution in [-0.2, 0) is 4.79 Å². The molecule has 92 valence electrons. The van der Waals surface area contributed by atoms with E-state index >= 15 is 0 Å². The predicted molar refractivity (Wildman–Crippen MR) is 66.3 cm³/mol. The van der Waals surface area contributed by atoms with E-state index in [0.29, 0.717) is 11.7 Å². The summed E-state index contributed by atoms with van der Waals surface area (Å²) in [6, 6.07) is 0. The average molecular weight is 223 g/mol. The fourth-order valence-electron chi connectivity index (χ4n) is 3.02. The van der Waals surface area contributed by atoms with Gasteiger partial charge in [-0.25, -0.2) is 0 Å². The third-order valence-corrected chi connectivity index (χ3v) is 4.51. The second-order valence-electron chi connectivity index (χ2n) is 6.68. The molecule has 3 atom stereocenters. The van der Waals surface area contributed by atoms with Gasteiger partial charge in [0.15, 0.2) is 0 Å². The van der Waals surface area contributed by atoms with Crippen molar-refractivity contribution in [2.24, 2.45) is 23.2 Å². The molecule has 2 rings (SSSR count). The maximum atomic E-state index is 12.1. The summed E-state index contributed by atoms with van der Waals surface area (Å²) in [7, 11) is 2.17. The van der Waals surface area contributed by atoms with Crippen LogP contribution in [0.15, 0.2) is 0 Å². The van der Waals surface area contributed by atoms with Gasteiger partial charge in [-0.1, -0.05) is 20.8 Å². The Morgan fingerprint density at radius 3 is 2.44 bits per heavy atom. The van der Waals surface area contributed by atoms with Gasteiger partial charge >= 0.3 is 0 Å². The first kappa shape index (κ1) is 12.1. The summed E-state index contributed by atoms with van der Waals surface area (Å²) in [5.41, 5.74) is -0.0572. The Morgan fingerprint density at radius 1 is 1.38 bits per heavy atom. The van der Waals surface area contributed by atoms with Crippen molar-refractivity contribution in [3.63, 3.8) is 0 Å². The fourth-order valence-corrected chi connectivity index (χ4v) is 3.02. The molecule has 2 fully saturated rings. The van der Waals surface area contributed by atoms with Gasteiger partial charge < -0.3 is 4.90 Å². The molecule has 2 nitrogen and oxygen atoms in total. The molecule has 2 aliphatic rings. The Balaban J connectivity index is 1.79. The van der Waals surface area contributed by atoms with Crippen molar-refractivity contribution in [2.75, 3.05) is 20.1 Å². The minimum absolute atomic E-state index is 0.0572. The standard InChI is InChI=1S/C14H25NO/c1-10-7-12(10)9-15(4)8-11-5-6-14(2,3)13(11)16/h10-12H,5-9H2,1-4H3. The quantitative estimate of drug-likeness (QED) is 0.730. The number of rotatable bonds is 4. The minimum Gasteiger partial charge on any atom is -0.305 e. The molecule has 0 saturated heterocycles. The maximum absolute atomic E-state index is 12.1. The first-order valence-electron chi connectivity index (χ1n) is 6.63. The van der Waals surface area contributed by atoms with Gasteiger partial charge in [-0.2, -0.15) is 0 Å². The highest BCUT2D eigenvalue weighted by Gasteiger charge is 2.41. The molecule has 0 bridgehead atoms. The van der Waals surface area contributed by atoms with Crippen molar-refractivity contribution in [3.05, 3.63) is 0 Å². The minimum atomic E-state index is -0.0572. The lowest BCUT2D eigenvalue weighted by molar-refractivity contribution is -0.127. The predicted octanol–water partition coefficient (Wildman–Crippen LogP) is 2.58. The highest BCUT2D eigenvalue weighted by atomic mass is 16.1. The number of nitrogens with zero attached hydrogens (tertiary/aromatic N) is 1. The second kappa shape index (κ2) is 4.14. The van der Waals surface area contributed by atoms with Crippen LogP contribution in [0, 0.1) is 23.2 Å². The van der Waals surface area contributed by atoms with Crippen molar-refractivity contribution >= 4 is 5.78 Å². The van der Waals surface area contributed by atoms with Crippen LogP contribution in [0.5, 0.6) is 0 Å². The van der Waals surface area contributed by atoms with Gasteiger partial charge in [0, 0.05) is 24.4 Å². The van der Waals surface area contributed by atoms with Crippen molar-refractivity contribution in [1.82, 2.24) is 4.90 Å². The van der Waals surface area contributed by atoms with Gasteiger partial charge in [0.2, 0.25) is 0 Å². The van der Waals surface area contributed by atoms with E-state index in [0.717, 1.165) is 31.2 Å². The summed E-state index contributed by atoms with van der Waals surface area (Å²) in [4.78, 5) is 14.5. The van der Waals surface area contributed by atoms with Crippen LogP contribution in [-0.4, -0.2) is 30.8 Å². The van der Waals surface area contributed by atoms with Gasteiger partial charge in [-0.05, 0) is 38.1 Å². The normalized spacial score (nSPS) is 37.1. The van der Waals surface area contributed by atoms with Crippen LogP contribution in [0.2, 0.25) is 0 Å². The average Bonchev–Trinajstić information content (AvgIpc) is 2.80. The molecular formula is C14H25NO. The van der Waals surface area contributed by atoms with E-state index in [1.807, 2.05) is 0 Å². The molecule has 16 heavy (non-hydrogen) atoms.